The average molecular weight is 513 g/mol. The topological polar surface area (TPSA) is 94.2 Å². The lowest BCUT2D eigenvalue weighted by Crippen LogP contribution is -2.27. The molecule has 0 aliphatic heterocycles. The molecule has 0 aromatic heterocycles. The van der Waals surface area contributed by atoms with Gasteiger partial charge < -0.3 is 19.5 Å². The van der Waals surface area contributed by atoms with Crippen molar-refractivity contribution >= 4 is 21.6 Å². The summed E-state index contributed by atoms with van der Waals surface area (Å²) in [6.07, 6.45) is 0.606. The van der Waals surface area contributed by atoms with Crippen LogP contribution < -0.4 is 23.8 Å². The van der Waals surface area contributed by atoms with Gasteiger partial charge >= 0.3 is 0 Å². The minimum atomic E-state index is -3.84. The highest BCUT2D eigenvalue weighted by atomic mass is 32.2. The second-order valence-corrected chi connectivity index (χ2v) is 9.79. The van der Waals surface area contributed by atoms with Crippen LogP contribution in [0.3, 0.4) is 0 Å². The molecule has 1 amide bonds. The first-order valence-corrected chi connectivity index (χ1v) is 13.1. The van der Waals surface area contributed by atoms with E-state index in [0.29, 0.717) is 54.7 Å². The highest BCUT2D eigenvalue weighted by Crippen LogP contribution is 2.31. The number of para-hydroxylation sites is 2. The molecule has 0 aliphatic rings. The number of hydrogen-bond donors (Lipinski definition) is 1. The van der Waals surface area contributed by atoms with Crippen molar-refractivity contribution in [1.82, 2.24) is 5.32 Å². The summed E-state index contributed by atoms with van der Waals surface area (Å²) in [5.74, 6) is 1.53. The highest BCUT2D eigenvalue weighted by molar-refractivity contribution is 7.92. The van der Waals surface area contributed by atoms with Crippen LogP contribution in [0.5, 0.6) is 17.2 Å². The van der Waals surface area contributed by atoms with Crippen LogP contribution in [0.15, 0.2) is 71.6 Å². The molecule has 0 bridgehead atoms. The molecule has 0 spiro atoms. The maximum Gasteiger partial charge on any atom is 0.264 e. The molecule has 0 radical (unpaired) electrons. The zero-order valence-corrected chi connectivity index (χ0v) is 21.8. The first-order valence-electron chi connectivity index (χ1n) is 11.7. The number of sulfonamides is 1. The van der Waals surface area contributed by atoms with E-state index in [9.17, 15) is 13.2 Å². The van der Waals surface area contributed by atoms with Crippen molar-refractivity contribution in [2.45, 2.75) is 25.2 Å². The fourth-order valence-electron chi connectivity index (χ4n) is 3.63. The largest absolute Gasteiger partial charge is 0.495 e. The fraction of sp³-hybridized carbons (Fsp3) is 0.296. The minimum Gasteiger partial charge on any atom is -0.495 e. The molecule has 0 atom stereocenters. The van der Waals surface area contributed by atoms with Crippen molar-refractivity contribution in [3.8, 4) is 17.2 Å². The average Bonchev–Trinajstić information content (AvgIpc) is 2.89. The van der Waals surface area contributed by atoms with E-state index in [1.165, 1.54) is 38.4 Å². The lowest BCUT2D eigenvalue weighted by molar-refractivity contribution is 0.0954. The predicted octanol–water partition coefficient (Wildman–Crippen LogP) is 4.29. The van der Waals surface area contributed by atoms with Gasteiger partial charge in [0.05, 0.1) is 30.9 Å². The molecule has 0 saturated heterocycles. The fourth-order valence-corrected chi connectivity index (χ4v) is 4.84. The molecule has 0 unspecified atom stereocenters. The molecule has 0 saturated carbocycles. The van der Waals surface area contributed by atoms with E-state index in [0.717, 1.165) is 9.87 Å². The van der Waals surface area contributed by atoms with Crippen molar-refractivity contribution in [1.29, 1.82) is 0 Å². The number of anilines is 1. The number of hydrogen-bond acceptors (Lipinski definition) is 6. The summed E-state index contributed by atoms with van der Waals surface area (Å²) < 4.78 is 43.9. The summed E-state index contributed by atoms with van der Waals surface area (Å²) in [5.41, 5.74) is 1.79. The Morgan fingerprint density at radius 1 is 0.889 bits per heavy atom. The number of carbonyl (C=O) groups is 1. The van der Waals surface area contributed by atoms with Crippen molar-refractivity contribution in [3.63, 3.8) is 0 Å². The van der Waals surface area contributed by atoms with Crippen LogP contribution in [0.4, 0.5) is 5.69 Å². The summed E-state index contributed by atoms with van der Waals surface area (Å²) in [6, 6.07) is 18.5. The lowest BCUT2D eigenvalue weighted by atomic mass is 10.1. The Morgan fingerprint density at radius 3 is 2.22 bits per heavy atom. The molecule has 0 aliphatic carbocycles. The number of amides is 1. The molecular formula is C27H32N2O6S. The maximum absolute atomic E-state index is 13.1. The third-order valence-electron chi connectivity index (χ3n) is 5.51. The third kappa shape index (κ3) is 6.28. The van der Waals surface area contributed by atoms with E-state index in [2.05, 4.69) is 5.32 Å². The van der Waals surface area contributed by atoms with Crippen LogP contribution in [0, 0.1) is 0 Å². The van der Waals surface area contributed by atoms with E-state index < -0.39 is 10.0 Å². The molecule has 8 nitrogen and oxygen atoms in total. The van der Waals surface area contributed by atoms with Crippen LogP contribution in [-0.2, 0) is 16.4 Å². The monoisotopic (exact) mass is 512 g/mol. The zero-order valence-electron chi connectivity index (χ0n) is 21.0. The smallest absolute Gasteiger partial charge is 0.264 e. The van der Waals surface area contributed by atoms with Gasteiger partial charge in [0, 0.05) is 19.2 Å². The number of carbonyl (C=O) groups excluding carboxylic acids is 1. The summed E-state index contributed by atoms with van der Waals surface area (Å²) in [5, 5.41) is 2.87. The Labute approximate surface area is 212 Å². The van der Waals surface area contributed by atoms with Crippen LogP contribution in [0.1, 0.15) is 29.8 Å². The van der Waals surface area contributed by atoms with E-state index in [-0.39, 0.29) is 10.8 Å². The Balaban J connectivity index is 1.63. The van der Waals surface area contributed by atoms with Crippen molar-refractivity contribution in [3.05, 3.63) is 77.9 Å². The number of ether oxygens (including phenoxy) is 3. The Bertz CT molecular complexity index is 1280. The second kappa shape index (κ2) is 12.3. The van der Waals surface area contributed by atoms with Gasteiger partial charge in [-0.15, -0.1) is 0 Å². The van der Waals surface area contributed by atoms with Crippen LogP contribution in [0.2, 0.25) is 0 Å². The van der Waals surface area contributed by atoms with E-state index in [4.69, 9.17) is 14.2 Å². The molecule has 192 valence electrons. The summed E-state index contributed by atoms with van der Waals surface area (Å²) in [6.45, 7) is 5.32. The number of nitrogens with one attached hydrogen (secondary N) is 1. The van der Waals surface area contributed by atoms with Crippen LogP contribution in [0.25, 0.3) is 0 Å². The van der Waals surface area contributed by atoms with Crippen LogP contribution in [-0.4, -0.2) is 48.2 Å². The van der Waals surface area contributed by atoms with Gasteiger partial charge in [-0.2, -0.15) is 0 Å². The number of nitrogens with zero attached hydrogens (tertiary/aromatic N) is 1. The van der Waals surface area contributed by atoms with Gasteiger partial charge in [0.25, 0.3) is 15.9 Å². The summed E-state index contributed by atoms with van der Waals surface area (Å²) in [4.78, 5) is 12.7. The first-order chi connectivity index (χ1) is 17.3. The Morgan fingerprint density at radius 2 is 1.56 bits per heavy atom. The molecule has 0 heterocycles. The lowest BCUT2D eigenvalue weighted by Gasteiger charge is -2.21. The molecule has 3 rings (SSSR count). The standard InChI is InChI=1S/C27H32N2O6S/c1-5-34-25-16-11-20(19-26(25)35-6-2)17-18-28-27(30)21-12-14-22(15-13-21)36(31,32)29(3)23-9-7-8-10-24(23)33-4/h7-16,19H,5-6,17-18H2,1-4H3,(H,28,30). The second-order valence-electron chi connectivity index (χ2n) is 7.82. The zero-order chi connectivity index (χ0) is 26.1. The van der Waals surface area contributed by atoms with Crippen molar-refractivity contribution in [2.75, 3.05) is 38.2 Å². The van der Waals surface area contributed by atoms with Gasteiger partial charge in [-0.05, 0) is 74.4 Å². The van der Waals surface area contributed by atoms with E-state index >= 15 is 0 Å². The van der Waals surface area contributed by atoms with Crippen molar-refractivity contribution in [2.24, 2.45) is 0 Å². The SMILES string of the molecule is CCOc1ccc(CCNC(=O)c2ccc(S(=O)(=O)N(C)c3ccccc3OC)cc2)cc1OCC. The normalized spacial score (nSPS) is 11.0. The van der Waals surface area contributed by atoms with Gasteiger partial charge in [-0.3, -0.25) is 9.10 Å². The molecule has 9 heteroatoms. The third-order valence-corrected chi connectivity index (χ3v) is 7.29. The van der Waals surface area contributed by atoms with E-state index in [1.54, 1.807) is 24.3 Å². The number of benzene rings is 3. The van der Waals surface area contributed by atoms with Gasteiger partial charge in [0.15, 0.2) is 11.5 Å². The Hall–Kier alpha value is -3.72. The minimum absolute atomic E-state index is 0.0743. The van der Waals surface area contributed by atoms with Gasteiger partial charge in [-0.1, -0.05) is 18.2 Å². The molecule has 3 aromatic rings. The molecule has 0 fully saturated rings. The quantitative estimate of drug-likeness (QED) is 0.389. The number of rotatable bonds is 12. The van der Waals surface area contributed by atoms with Gasteiger partial charge in [0.2, 0.25) is 0 Å². The predicted molar refractivity (Wildman–Crippen MR) is 140 cm³/mol. The maximum atomic E-state index is 13.1. The highest BCUT2D eigenvalue weighted by Gasteiger charge is 2.24. The van der Waals surface area contributed by atoms with Gasteiger partial charge in [-0.25, -0.2) is 8.42 Å². The summed E-state index contributed by atoms with van der Waals surface area (Å²) >= 11 is 0. The Kier molecular flexibility index (Phi) is 9.19. The van der Waals surface area contributed by atoms with Crippen LogP contribution >= 0.6 is 0 Å². The van der Waals surface area contributed by atoms with E-state index in [1.807, 2.05) is 32.0 Å². The van der Waals surface area contributed by atoms with Crippen molar-refractivity contribution < 1.29 is 27.4 Å². The molecule has 1 N–H and O–H groups in total. The first kappa shape index (κ1) is 26.9. The molecular weight excluding hydrogens is 480 g/mol. The molecule has 3 aromatic carbocycles. The van der Waals surface area contributed by atoms with Gasteiger partial charge in [0.1, 0.15) is 5.75 Å². The number of methoxy groups -OCH3 is 1. The summed E-state index contributed by atoms with van der Waals surface area (Å²) in [7, 11) is -0.887. The molecule has 36 heavy (non-hydrogen) atoms.